The molecule has 0 saturated carbocycles. The van der Waals surface area contributed by atoms with Crippen molar-refractivity contribution in [2.24, 2.45) is 0 Å². The second kappa shape index (κ2) is 6.14. The fourth-order valence-electron chi connectivity index (χ4n) is 0.394. The molecule has 0 saturated heterocycles. The van der Waals surface area contributed by atoms with E-state index in [9.17, 15) is 4.57 Å². The Morgan fingerprint density at radius 2 is 1.78 bits per heavy atom. The molecule has 0 spiro atoms. The van der Waals surface area contributed by atoms with Gasteiger partial charge in [-0.15, -0.1) is 0 Å². The summed E-state index contributed by atoms with van der Waals surface area (Å²) in [6.45, 7) is 4.72. The van der Waals surface area contributed by atoms with Crippen molar-refractivity contribution in [3.05, 3.63) is 0 Å². The Bertz CT molecular complexity index is 70.6. The van der Waals surface area contributed by atoms with Crippen LogP contribution in [0.15, 0.2) is 0 Å². The van der Waals surface area contributed by atoms with Crippen molar-refractivity contribution in [2.45, 2.75) is 19.9 Å². The summed E-state index contributed by atoms with van der Waals surface area (Å²) in [5.74, 6) is 0. The van der Waals surface area contributed by atoms with Crippen molar-refractivity contribution in [3.63, 3.8) is 0 Å². The third kappa shape index (κ3) is 4.52. The molecule has 0 radical (unpaired) electrons. The Balaban J connectivity index is 3.29. The molecule has 54 valence electrons. The van der Waals surface area contributed by atoms with E-state index >= 15 is 0 Å². The summed E-state index contributed by atoms with van der Waals surface area (Å²) in [5, 5.41) is 0. The molecule has 0 atom stereocenters. The first-order valence-electron chi connectivity index (χ1n) is 2.90. The van der Waals surface area contributed by atoms with Crippen LogP contribution in [0.25, 0.3) is 0 Å². The molecule has 0 aromatic carbocycles. The van der Waals surface area contributed by atoms with Gasteiger partial charge in [-0.2, -0.15) is 0 Å². The molecule has 4 heteroatoms. The van der Waals surface area contributed by atoms with Crippen molar-refractivity contribution in [1.29, 1.82) is 0 Å². The van der Waals surface area contributed by atoms with Gasteiger partial charge in [0.15, 0.2) is 0 Å². The lowest BCUT2D eigenvalue weighted by Gasteiger charge is -2.07. The monoisotopic (exact) mass is 150 g/mol. The predicted octanol–water partition coefficient (Wildman–Crippen LogP) is 1.63. The highest BCUT2D eigenvalue weighted by Gasteiger charge is 2.04. The third-order valence-electron chi connectivity index (χ3n) is 0.705. The molecule has 0 heterocycles. The van der Waals surface area contributed by atoms with E-state index in [1.54, 1.807) is 0 Å². The van der Waals surface area contributed by atoms with Crippen LogP contribution in [0, 0.1) is 0 Å². The SMILES string of the molecule is CCOC(OCC)P=O. The maximum atomic E-state index is 10.1. The zero-order chi connectivity index (χ0) is 7.11. The van der Waals surface area contributed by atoms with Gasteiger partial charge < -0.3 is 9.47 Å². The van der Waals surface area contributed by atoms with Gasteiger partial charge in [0.25, 0.3) is 0 Å². The summed E-state index contributed by atoms with van der Waals surface area (Å²) in [4.78, 5) is 0. The summed E-state index contributed by atoms with van der Waals surface area (Å²) in [7, 11) is -0.104. The maximum absolute atomic E-state index is 10.1. The fraction of sp³-hybridized carbons (Fsp3) is 1.00. The van der Waals surface area contributed by atoms with Crippen molar-refractivity contribution < 1.29 is 14.0 Å². The molecule has 0 aromatic rings. The first-order chi connectivity index (χ1) is 4.35. The zero-order valence-corrected chi connectivity index (χ0v) is 6.56. The molecule has 9 heavy (non-hydrogen) atoms. The van der Waals surface area contributed by atoms with Crippen LogP contribution >= 0.6 is 8.46 Å². The van der Waals surface area contributed by atoms with E-state index in [0.29, 0.717) is 13.2 Å². The van der Waals surface area contributed by atoms with Crippen LogP contribution in [0.2, 0.25) is 0 Å². The van der Waals surface area contributed by atoms with Gasteiger partial charge in [-0.3, -0.25) is 4.57 Å². The predicted molar refractivity (Wildman–Crippen MR) is 34.6 cm³/mol. The highest BCUT2D eigenvalue weighted by atomic mass is 31.1. The Morgan fingerprint density at radius 1 is 1.33 bits per heavy atom. The molecule has 0 aliphatic rings. The number of ether oxygens (including phenoxy) is 2. The smallest absolute Gasteiger partial charge is 0.240 e. The first kappa shape index (κ1) is 9.02. The number of rotatable bonds is 5. The largest absolute Gasteiger partial charge is 0.343 e. The molecule has 0 aliphatic heterocycles. The number of hydrogen-bond acceptors (Lipinski definition) is 3. The van der Waals surface area contributed by atoms with Gasteiger partial charge in [-0.25, -0.2) is 0 Å². The van der Waals surface area contributed by atoms with Crippen LogP contribution in [0.5, 0.6) is 0 Å². The molecule has 0 rings (SSSR count). The maximum Gasteiger partial charge on any atom is 0.240 e. The second-order valence-corrected chi connectivity index (χ2v) is 1.96. The average molecular weight is 150 g/mol. The first-order valence-corrected chi connectivity index (χ1v) is 3.79. The van der Waals surface area contributed by atoms with Crippen molar-refractivity contribution in [1.82, 2.24) is 0 Å². The van der Waals surface area contributed by atoms with E-state index in [1.165, 1.54) is 0 Å². The van der Waals surface area contributed by atoms with Crippen molar-refractivity contribution >= 4 is 8.46 Å². The fourth-order valence-corrected chi connectivity index (χ4v) is 0.814. The lowest BCUT2D eigenvalue weighted by Crippen LogP contribution is -2.09. The zero-order valence-electron chi connectivity index (χ0n) is 5.66. The van der Waals surface area contributed by atoms with Gasteiger partial charge in [0, 0.05) is 13.2 Å². The molecule has 0 aromatic heterocycles. The molecule has 0 bridgehead atoms. The molecular formula is C5H11O3P. The molecule has 0 aliphatic carbocycles. The molecule has 0 fully saturated rings. The Kier molecular flexibility index (Phi) is 6.16. The topological polar surface area (TPSA) is 35.5 Å². The summed E-state index contributed by atoms with van der Waals surface area (Å²) in [5.41, 5.74) is 0. The molecule has 3 nitrogen and oxygen atoms in total. The van der Waals surface area contributed by atoms with Crippen LogP contribution in [0.4, 0.5) is 0 Å². The van der Waals surface area contributed by atoms with E-state index < -0.39 is 6.03 Å². The Hall–Kier alpha value is 0.0200. The Labute approximate surface area is 56.5 Å². The van der Waals surface area contributed by atoms with Gasteiger partial charge in [-0.1, -0.05) is 0 Å². The van der Waals surface area contributed by atoms with Gasteiger partial charge in [0.05, 0.1) is 0 Å². The molecule has 0 N–H and O–H groups in total. The van der Waals surface area contributed by atoms with E-state index in [1.807, 2.05) is 13.8 Å². The lowest BCUT2D eigenvalue weighted by atomic mass is 10.9. The minimum atomic E-state index is -0.569. The highest BCUT2D eigenvalue weighted by Crippen LogP contribution is 2.08. The minimum Gasteiger partial charge on any atom is -0.343 e. The van der Waals surface area contributed by atoms with E-state index in [4.69, 9.17) is 9.47 Å². The third-order valence-corrected chi connectivity index (χ3v) is 1.17. The van der Waals surface area contributed by atoms with Gasteiger partial charge in [0.1, 0.15) is 0 Å². The lowest BCUT2D eigenvalue weighted by molar-refractivity contribution is -0.0775. The average Bonchev–Trinajstić information content (AvgIpc) is 1.88. The van der Waals surface area contributed by atoms with Gasteiger partial charge in [0.2, 0.25) is 14.5 Å². The van der Waals surface area contributed by atoms with Crippen LogP contribution in [0.1, 0.15) is 13.8 Å². The van der Waals surface area contributed by atoms with Crippen molar-refractivity contribution in [3.8, 4) is 0 Å². The van der Waals surface area contributed by atoms with E-state index in [2.05, 4.69) is 0 Å². The highest BCUT2D eigenvalue weighted by molar-refractivity contribution is 7.24. The standard InChI is InChI=1S/C5H11O3P/c1-3-7-5(9-6)8-4-2/h5H,3-4H2,1-2H3. The van der Waals surface area contributed by atoms with E-state index in [-0.39, 0.29) is 8.46 Å². The second-order valence-electron chi connectivity index (χ2n) is 1.32. The summed E-state index contributed by atoms with van der Waals surface area (Å²) in [6, 6.07) is -0.569. The molecular weight excluding hydrogens is 139 g/mol. The van der Waals surface area contributed by atoms with E-state index in [0.717, 1.165) is 0 Å². The van der Waals surface area contributed by atoms with Crippen LogP contribution in [-0.4, -0.2) is 19.2 Å². The molecule has 0 amide bonds. The van der Waals surface area contributed by atoms with Crippen LogP contribution < -0.4 is 0 Å². The van der Waals surface area contributed by atoms with Gasteiger partial charge in [-0.05, 0) is 13.8 Å². The summed E-state index contributed by atoms with van der Waals surface area (Å²) >= 11 is 0. The minimum absolute atomic E-state index is 0.104. The summed E-state index contributed by atoms with van der Waals surface area (Å²) in [6.07, 6.45) is 0. The van der Waals surface area contributed by atoms with Gasteiger partial charge >= 0.3 is 0 Å². The normalized spacial score (nSPS) is 11.0. The van der Waals surface area contributed by atoms with Crippen LogP contribution in [0.3, 0.4) is 0 Å². The molecule has 0 unspecified atom stereocenters. The van der Waals surface area contributed by atoms with Crippen LogP contribution in [-0.2, 0) is 14.0 Å². The summed E-state index contributed by atoms with van der Waals surface area (Å²) < 4.78 is 19.9. The quantitative estimate of drug-likeness (QED) is 0.441. The Morgan fingerprint density at radius 3 is 2.00 bits per heavy atom. The van der Waals surface area contributed by atoms with Crippen molar-refractivity contribution in [2.75, 3.05) is 13.2 Å². The number of hydrogen-bond donors (Lipinski definition) is 0.